The number of H-pyrrole nitrogens is 1. The summed E-state index contributed by atoms with van der Waals surface area (Å²) >= 11 is 1.02. The van der Waals surface area contributed by atoms with E-state index in [0.29, 0.717) is 42.9 Å². The molecule has 37 heavy (non-hydrogen) atoms. The molecule has 10 heteroatoms. The third kappa shape index (κ3) is 6.78. The lowest BCUT2D eigenvalue weighted by Crippen LogP contribution is -2.47. The number of aromatic nitrogens is 1. The van der Waals surface area contributed by atoms with Crippen molar-refractivity contribution in [2.24, 2.45) is 0 Å². The lowest BCUT2D eigenvalue weighted by atomic mass is 10.1. The smallest absolute Gasteiger partial charge is 0.410 e. The van der Waals surface area contributed by atoms with E-state index in [0.717, 1.165) is 35.3 Å². The molecule has 0 unspecified atom stereocenters. The van der Waals surface area contributed by atoms with Crippen molar-refractivity contribution in [1.82, 2.24) is 14.8 Å². The molecule has 196 valence electrons. The average Bonchev–Trinajstić information content (AvgIpc) is 3.33. The summed E-state index contributed by atoms with van der Waals surface area (Å²) in [4.78, 5) is 43.4. The number of aromatic hydroxyl groups is 1. The number of ether oxygens (including phenoxy) is 2. The first-order chi connectivity index (χ1) is 18.0. The second kappa shape index (κ2) is 12.6. The van der Waals surface area contributed by atoms with Crippen LogP contribution in [0.15, 0.2) is 59.9 Å². The minimum absolute atomic E-state index is 0.00580. The molecule has 4 rings (SSSR count). The predicted octanol–water partition coefficient (Wildman–Crippen LogP) is 3.67. The molecule has 0 atom stereocenters. The largest absolute Gasteiger partial charge is 0.506 e. The van der Waals surface area contributed by atoms with E-state index in [1.807, 2.05) is 30.3 Å². The Bertz CT molecular complexity index is 1280. The van der Waals surface area contributed by atoms with Crippen LogP contribution in [0.1, 0.15) is 24.0 Å². The Hall–Kier alpha value is -3.63. The molecule has 3 aromatic rings. The van der Waals surface area contributed by atoms with E-state index in [4.69, 9.17) is 9.47 Å². The van der Waals surface area contributed by atoms with Crippen molar-refractivity contribution in [3.05, 3.63) is 75.9 Å². The number of fused-ring (bicyclic) bond motifs is 1. The fourth-order valence-corrected chi connectivity index (χ4v) is 5.34. The molecule has 0 bridgehead atoms. The first kappa shape index (κ1) is 26.4. The monoisotopic (exact) mass is 525 g/mol. The summed E-state index contributed by atoms with van der Waals surface area (Å²) in [5.41, 5.74) is 2.10. The minimum atomic E-state index is -0.487. The van der Waals surface area contributed by atoms with Gasteiger partial charge in [0.25, 0.3) is 0 Å². The summed E-state index contributed by atoms with van der Waals surface area (Å²) in [5, 5.41) is 10.1. The Morgan fingerprint density at radius 2 is 1.89 bits per heavy atom. The SMILES string of the molecule is C=CC(=O)N(CCN(CCc1ccc(O)c2[nH]c(=O)sc12)C(=O)OCc1ccccc1)C1CCOCC1. The number of benzene rings is 2. The zero-order chi connectivity index (χ0) is 26.2. The summed E-state index contributed by atoms with van der Waals surface area (Å²) in [6.07, 6.45) is 2.72. The summed E-state index contributed by atoms with van der Waals surface area (Å²) < 4.78 is 11.7. The molecule has 0 aliphatic carbocycles. The van der Waals surface area contributed by atoms with Gasteiger partial charge in [-0.25, -0.2) is 4.79 Å². The number of amides is 2. The van der Waals surface area contributed by atoms with Crippen molar-refractivity contribution < 1.29 is 24.2 Å². The van der Waals surface area contributed by atoms with Crippen molar-refractivity contribution in [2.45, 2.75) is 31.9 Å². The highest BCUT2D eigenvalue weighted by Crippen LogP contribution is 2.28. The Morgan fingerprint density at radius 1 is 1.14 bits per heavy atom. The van der Waals surface area contributed by atoms with Gasteiger partial charge in [-0.2, -0.15) is 0 Å². The summed E-state index contributed by atoms with van der Waals surface area (Å²) in [6, 6.07) is 12.7. The maximum absolute atomic E-state index is 13.2. The molecule has 1 aliphatic heterocycles. The lowest BCUT2D eigenvalue weighted by Gasteiger charge is -2.35. The highest BCUT2D eigenvalue weighted by atomic mass is 32.1. The van der Waals surface area contributed by atoms with Crippen molar-refractivity contribution in [2.75, 3.05) is 32.8 Å². The van der Waals surface area contributed by atoms with E-state index in [1.54, 1.807) is 15.9 Å². The number of aromatic amines is 1. The Morgan fingerprint density at radius 3 is 2.62 bits per heavy atom. The average molecular weight is 526 g/mol. The van der Waals surface area contributed by atoms with Crippen LogP contribution in [0.5, 0.6) is 5.75 Å². The lowest BCUT2D eigenvalue weighted by molar-refractivity contribution is -0.130. The van der Waals surface area contributed by atoms with Gasteiger partial charge < -0.3 is 29.4 Å². The van der Waals surface area contributed by atoms with E-state index in [2.05, 4.69) is 11.6 Å². The number of nitrogens with zero attached hydrogens (tertiary/aromatic N) is 2. The number of carbonyl (C=O) groups is 2. The van der Waals surface area contributed by atoms with Crippen molar-refractivity contribution in [3.8, 4) is 5.75 Å². The molecule has 1 fully saturated rings. The van der Waals surface area contributed by atoms with Crippen LogP contribution >= 0.6 is 11.3 Å². The summed E-state index contributed by atoms with van der Waals surface area (Å²) in [6.45, 7) is 5.86. The second-order valence-corrected chi connectivity index (χ2v) is 9.80. The fourth-order valence-electron chi connectivity index (χ4n) is 4.45. The van der Waals surface area contributed by atoms with Gasteiger partial charge in [0.1, 0.15) is 17.9 Å². The van der Waals surface area contributed by atoms with Crippen LogP contribution in [0.4, 0.5) is 4.79 Å². The van der Waals surface area contributed by atoms with Crippen LogP contribution < -0.4 is 4.87 Å². The molecule has 2 heterocycles. The van der Waals surface area contributed by atoms with Crippen LogP contribution in [-0.4, -0.2) is 70.8 Å². The quantitative estimate of drug-likeness (QED) is 0.391. The molecular formula is C27H31N3O6S. The zero-order valence-corrected chi connectivity index (χ0v) is 21.4. The van der Waals surface area contributed by atoms with E-state index in [-0.39, 0.29) is 35.7 Å². The first-order valence-corrected chi connectivity index (χ1v) is 13.1. The first-order valence-electron chi connectivity index (χ1n) is 12.3. The highest BCUT2D eigenvalue weighted by molar-refractivity contribution is 7.16. The number of nitrogens with one attached hydrogen (secondary N) is 1. The van der Waals surface area contributed by atoms with Crippen molar-refractivity contribution in [1.29, 1.82) is 0 Å². The van der Waals surface area contributed by atoms with E-state index >= 15 is 0 Å². The van der Waals surface area contributed by atoms with E-state index in [9.17, 15) is 19.5 Å². The van der Waals surface area contributed by atoms with Gasteiger partial charge in [-0.1, -0.05) is 54.3 Å². The minimum Gasteiger partial charge on any atom is -0.506 e. The van der Waals surface area contributed by atoms with Gasteiger partial charge in [-0.05, 0) is 42.5 Å². The maximum atomic E-state index is 13.2. The van der Waals surface area contributed by atoms with Gasteiger partial charge in [0, 0.05) is 38.9 Å². The maximum Gasteiger partial charge on any atom is 0.410 e. The van der Waals surface area contributed by atoms with Crippen LogP contribution in [0.25, 0.3) is 10.2 Å². The summed E-state index contributed by atoms with van der Waals surface area (Å²) in [7, 11) is 0. The van der Waals surface area contributed by atoms with Gasteiger partial charge in [-0.3, -0.25) is 9.59 Å². The molecule has 2 N–H and O–H groups in total. The number of hydrogen-bond acceptors (Lipinski definition) is 7. The molecule has 9 nitrogen and oxygen atoms in total. The predicted molar refractivity (Wildman–Crippen MR) is 142 cm³/mol. The molecular weight excluding hydrogens is 494 g/mol. The topological polar surface area (TPSA) is 112 Å². The number of thiazole rings is 1. The molecule has 0 spiro atoms. The van der Waals surface area contributed by atoms with Gasteiger partial charge in [0.05, 0.1) is 4.70 Å². The van der Waals surface area contributed by atoms with Crippen LogP contribution in [-0.2, 0) is 27.3 Å². The standard InChI is InChI=1S/C27H31N3O6S/c1-2-23(32)30(21-11-16-35-17-12-21)15-14-29(27(34)36-18-19-6-4-3-5-7-19)13-10-20-8-9-22(31)24-25(20)37-26(33)28-24/h2-9,21,31H,1,10-18H2,(H,28,33). The van der Waals surface area contributed by atoms with E-state index < -0.39 is 6.09 Å². The van der Waals surface area contributed by atoms with Gasteiger partial charge in [-0.15, -0.1) is 0 Å². The van der Waals surface area contributed by atoms with Gasteiger partial charge in [0.15, 0.2) is 0 Å². The summed E-state index contributed by atoms with van der Waals surface area (Å²) in [5.74, 6) is -0.173. The van der Waals surface area contributed by atoms with Crippen LogP contribution in [0.3, 0.4) is 0 Å². The number of rotatable bonds is 10. The normalized spacial score (nSPS) is 13.8. The van der Waals surface area contributed by atoms with Crippen molar-refractivity contribution in [3.63, 3.8) is 0 Å². The zero-order valence-electron chi connectivity index (χ0n) is 20.6. The van der Waals surface area contributed by atoms with Gasteiger partial charge in [0.2, 0.25) is 5.91 Å². The number of phenols is 1. The fraction of sp³-hybridized carbons (Fsp3) is 0.370. The number of phenolic OH excluding ortho intramolecular Hbond substituents is 1. The van der Waals surface area contributed by atoms with Crippen molar-refractivity contribution >= 4 is 33.6 Å². The molecule has 0 radical (unpaired) electrons. The molecule has 1 aliphatic rings. The second-order valence-electron chi connectivity index (χ2n) is 8.82. The number of hydrogen-bond donors (Lipinski definition) is 2. The molecule has 2 aromatic carbocycles. The third-order valence-electron chi connectivity index (χ3n) is 6.45. The van der Waals surface area contributed by atoms with Crippen LogP contribution in [0.2, 0.25) is 0 Å². The highest BCUT2D eigenvalue weighted by Gasteiger charge is 2.26. The Kier molecular flexibility index (Phi) is 8.97. The Balaban J connectivity index is 1.49. The molecule has 2 amide bonds. The van der Waals surface area contributed by atoms with Crippen LogP contribution in [0, 0.1) is 0 Å². The third-order valence-corrected chi connectivity index (χ3v) is 7.41. The van der Waals surface area contributed by atoms with Gasteiger partial charge >= 0.3 is 11.0 Å². The number of carbonyl (C=O) groups excluding carboxylic acids is 2. The molecule has 0 saturated carbocycles. The van der Waals surface area contributed by atoms with E-state index in [1.165, 1.54) is 12.1 Å². The molecule has 1 saturated heterocycles. The molecule has 1 aromatic heterocycles. The Labute approximate surface area is 218 Å².